The van der Waals surface area contributed by atoms with Crippen LogP contribution in [0.4, 0.5) is 26.3 Å². The Labute approximate surface area is 408 Å². The lowest BCUT2D eigenvalue weighted by atomic mass is 9.70. The van der Waals surface area contributed by atoms with Crippen molar-refractivity contribution in [3.05, 3.63) is 191 Å². The first kappa shape index (κ1) is 60.3. The number of halogens is 6. The minimum atomic E-state index is -6.09. The molecule has 4 rings (SSSR count). The summed E-state index contributed by atoms with van der Waals surface area (Å²) in [6.07, 6.45) is 38.8. The summed E-state index contributed by atoms with van der Waals surface area (Å²) >= 11 is 0. The van der Waals surface area contributed by atoms with Crippen LogP contribution in [0.3, 0.4) is 0 Å². The Hall–Kier alpha value is -5.82. The van der Waals surface area contributed by atoms with Crippen molar-refractivity contribution < 1.29 is 71.0 Å². The minimum absolute atomic E-state index is 0.111. The van der Waals surface area contributed by atoms with E-state index in [2.05, 4.69) is 140 Å². The van der Waals surface area contributed by atoms with Gasteiger partial charge in [0.15, 0.2) is 45.0 Å². The van der Waals surface area contributed by atoms with Crippen LogP contribution in [0.5, 0.6) is 0 Å². The third kappa shape index (κ3) is 18.8. The summed E-state index contributed by atoms with van der Waals surface area (Å²) in [6.45, 7) is 21.2. The van der Waals surface area contributed by atoms with Crippen molar-refractivity contribution in [1.29, 1.82) is 0 Å². The van der Waals surface area contributed by atoms with Gasteiger partial charge in [0.05, 0.1) is 0 Å². The van der Waals surface area contributed by atoms with E-state index in [1.807, 2.05) is 84.2 Å². The van der Waals surface area contributed by atoms with Gasteiger partial charge in [0, 0.05) is 48.3 Å². The number of alkyl halides is 6. The largest absolute Gasteiger partial charge is 0.741 e. The molecule has 10 nitrogen and oxygen atoms in total. The molecule has 0 radical (unpaired) electrons. The Morgan fingerprint density at radius 1 is 0.529 bits per heavy atom. The van der Waals surface area contributed by atoms with Gasteiger partial charge in [-0.15, -0.1) is 0 Å². The highest BCUT2D eigenvalue weighted by atomic mass is 32.2. The van der Waals surface area contributed by atoms with E-state index < -0.39 is 31.3 Å². The molecule has 0 saturated heterocycles. The van der Waals surface area contributed by atoms with E-state index in [4.69, 9.17) is 25.9 Å². The summed E-state index contributed by atoms with van der Waals surface area (Å²) in [5, 5.41) is 0. The predicted molar refractivity (Wildman–Crippen MR) is 256 cm³/mol. The molecule has 2 atom stereocenters. The Bertz CT molecular complexity index is 2580. The Balaban J connectivity index is 0.000000897. The molecule has 0 aliphatic heterocycles. The Kier molecular flexibility index (Phi) is 21.8. The van der Waals surface area contributed by atoms with Crippen molar-refractivity contribution in [1.82, 2.24) is 0 Å². The standard InChI is InChI=1S/C50H60N2O2.2CHF3O3S/c1-37(23-19-25-39(3)27-29-43-41(5)47(53)45(35-49(43,7)8)51-31-15-11-16-32-51)21-13-14-22-38(2)24-20-26-40(4)28-30-44-42(6)48(54)46(36-50(44,9)10)52-33-17-12-18-34-52;2*2-1(3,4)8(5,6)7/h11-34,45-46H,35-36H2,1-10H3;2*(H,5,6,7)/q+2;;/p-2/b14-13+,23-19+,24-20+,29-27+,30-28+,37-21+,38-22+,39-25+,40-26+;;. The molecule has 70 heavy (non-hydrogen) atoms. The van der Waals surface area contributed by atoms with Crippen LogP contribution in [-0.4, -0.2) is 48.5 Å². The summed E-state index contributed by atoms with van der Waals surface area (Å²) in [6, 6.07) is 11.5. The van der Waals surface area contributed by atoms with Gasteiger partial charge < -0.3 is 9.11 Å². The van der Waals surface area contributed by atoms with Gasteiger partial charge in [0.1, 0.15) is 0 Å². The number of carbonyl (C=O) groups is 2. The summed E-state index contributed by atoms with van der Waals surface area (Å²) in [5.41, 5.74) is -3.05. The highest BCUT2D eigenvalue weighted by molar-refractivity contribution is 7.86. The van der Waals surface area contributed by atoms with Gasteiger partial charge in [-0.25, -0.2) is 16.8 Å². The zero-order chi connectivity index (χ0) is 53.5. The summed E-state index contributed by atoms with van der Waals surface area (Å²) in [7, 11) is -12.2. The second-order valence-corrected chi connectivity index (χ2v) is 20.6. The van der Waals surface area contributed by atoms with Gasteiger partial charge in [-0.1, -0.05) is 147 Å². The molecule has 2 aromatic heterocycles. The Morgan fingerprint density at radius 3 is 1.06 bits per heavy atom. The first-order valence-electron chi connectivity index (χ1n) is 21.7. The van der Waals surface area contributed by atoms with Crippen molar-refractivity contribution in [3.8, 4) is 0 Å². The summed E-state index contributed by atoms with van der Waals surface area (Å²) in [5.74, 6) is 0.392. The lowest BCUT2D eigenvalue weighted by Crippen LogP contribution is -2.48. The summed E-state index contributed by atoms with van der Waals surface area (Å²) in [4.78, 5) is 26.6. The van der Waals surface area contributed by atoms with E-state index in [0.717, 1.165) is 57.4 Å². The molecule has 2 aliphatic carbocycles. The Morgan fingerprint density at radius 2 is 0.786 bits per heavy atom. The normalized spacial score (nSPS) is 20.2. The van der Waals surface area contributed by atoms with Crippen molar-refractivity contribution in [2.45, 2.75) is 105 Å². The lowest BCUT2D eigenvalue weighted by Gasteiger charge is -2.34. The van der Waals surface area contributed by atoms with Crippen LogP contribution in [0.25, 0.3) is 0 Å². The minimum Gasteiger partial charge on any atom is -0.741 e. The van der Waals surface area contributed by atoms with Crippen molar-refractivity contribution in [2.24, 2.45) is 10.8 Å². The van der Waals surface area contributed by atoms with Crippen LogP contribution in [0.15, 0.2) is 191 Å². The highest BCUT2D eigenvalue weighted by Gasteiger charge is 2.44. The first-order chi connectivity index (χ1) is 32.1. The number of allylic oxidation sites excluding steroid dienone is 22. The summed E-state index contributed by atoms with van der Waals surface area (Å²) < 4.78 is 122. The average Bonchev–Trinajstić information content (AvgIpc) is 3.24. The average molecular weight is 1020 g/mol. The number of Topliss-reactive ketones (excluding diaryl/α,β-unsaturated/α-hetero) is 2. The van der Waals surface area contributed by atoms with Crippen LogP contribution >= 0.6 is 0 Å². The van der Waals surface area contributed by atoms with E-state index in [-0.39, 0.29) is 34.5 Å². The number of ketones is 2. The van der Waals surface area contributed by atoms with E-state index in [9.17, 15) is 35.9 Å². The number of rotatable bonds is 12. The molecular weight excluding hydrogens is 959 g/mol. The van der Waals surface area contributed by atoms with E-state index in [1.165, 1.54) is 0 Å². The quantitative estimate of drug-likeness (QED) is 0.0669. The molecule has 0 N–H and O–H groups in total. The van der Waals surface area contributed by atoms with Crippen LogP contribution in [0.2, 0.25) is 0 Å². The van der Waals surface area contributed by atoms with Gasteiger partial charge >= 0.3 is 11.0 Å². The molecule has 2 heterocycles. The molecule has 0 fully saturated rings. The first-order valence-corrected chi connectivity index (χ1v) is 24.5. The van der Waals surface area contributed by atoms with Gasteiger partial charge in [0.2, 0.25) is 23.7 Å². The van der Waals surface area contributed by atoms with Gasteiger partial charge in [-0.3, -0.25) is 9.59 Å². The van der Waals surface area contributed by atoms with E-state index in [1.54, 1.807) is 0 Å². The third-order valence-electron chi connectivity index (χ3n) is 11.1. The number of aromatic nitrogens is 2. The van der Waals surface area contributed by atoms with Crippen LogP contribution in [0.1, 0.15) is 94.2 Å². The monoisotopic (exact) mass is 1020 g/mol. The maximum absolute atomic E-state index is 13.3. The molecule has 0 aromatic carbocycles. The topological polar surface area (TPSA) is 156 Å². The molecule has 0 amide bonds. The number of nitrogens with zero attached hydrogens (tertiary/aromatic N) is 2. The fourth-order valence-electron chi connectivity index (χ4n) is 7.34. The van der Waals surface area contributed by atoms with Crippen LogP contribution in [0, 0.1) is 10.8 Å². The molecular formula is C52H60F6N2O8S2. The second kappa shape index (κ2) is 25.3. The number of pyridine rings is 2. The van der Waals surface area contributed by atoms with Crippen molar-refractivity contribution in [3.63, 3.8) is 0 Å². The predicted octanol–water partition coefficient (Wildman–Crippen LogP) is 11.3. The van der Waals surface area contributed by atoms with Crippen molar-refractivity contribution in [2.75, 3.05) is 0 Å². The van der Waals surface area contributed by atoms with E-state index in [0.29, 0.717) is 0 Å². The fraction of sp³-hybridized carbons (Fsp3) is 0.346. The smallest absolute Gasteiger partial charge is 0.485 e. The molecule has 0 bridgehead atoms. The zero-order valence-electron chi connectivity index (χ0n) is 40.7. The molecule has 380 valence electrons. The zero-order valence-corrected chi connectivity index (χ0v) is 42.3. The molecule has 18 heteroatoms. The fourth-order valence-corrected chi connectivity index (χ4v) is 7.34. The van der Waals surface area contributed by atoms with Gasteiger partial charge in [-0.05, 0) is 63.5 Å². The maximum Gasteiger partial charge on any atom is 0.485 e. The molecule has 2 unspecified atom stereocenters. The van der Waals surface area contributed by atoms with Crippen LogP contribution < -0.4 is 9.13 Å². The number of hydrogen-bond acceptors (Lipinski definition) is 8. The SMILES string of the molecule is CC1=C(/C=C/C(C)=C/C=C/C(C)=C/C=C/C=C(C)/C=C/C=C(C)/C=C/C2=C(C)C(=O)C([n+]3ccccc3)CC2(C)C)C(C)(C)CC([n+]2ccccc2)C1=O.O=S(=O)([O-])C(F)(F)F.O=S(=O)([O-])C(F)(F)F. The van der Waals surface area contributed by atoms with Crippen LogP contribution in [-0.2, 0) is 29.8 Å². The second-order valence-electron chi connectivity index (χ2n) is 17.9. The molecule has 2 aliphatic rings. The van der Waals surface area contributed by atoms with Gasteiger partial charge in [-0.2, -0.15) is 35.5 Å². The lowest BCUT2D eigenvalue weighted by molar-refractivity contribution is -0.711. The third-order valence-corrected chi connectivity index (χ3v) is 12.2. The van der Waals surface area contributed by atoms with Crippen molar-refractivity contribution >= 4 is 31.8 Å². The maximum atomic E-state index is 13.3. The highest BCUT2D eigenvalue weighted by Crippen LogP contribution is 2.43. The number of hydrogen-bond donors (Lipinski definition) is 0. The number of carbonyl (C=O) groups excluding carboxylic acids is 2. The molecule has 0 saturated carbocycles. The molecule has 0 spiro atoms. The van der Waals surface area contributed by atoms with Gasteiger partial charge in [0.25, 0.3) is 0 Å². The molecule has 2 aromatic rings. The van der Waals surface area contributed by atoms with E-state index >= 15 is 0 Å².